The first-order valence-electron chi connectivity index (χ1n) is 9.17. The van der Waals surface area contributed by atoms with E-state index in [1.165, 1.54) is 0 Å². The summed E-state index contributed by atoms with van der Waals surface area (Å²) >= 11 is 0. The molecule has 5 rings (SSSR count). The van der Waals surface area contributed by atoms with Gasteiger partial charge in [0, 0.05) is 25.1 Å². The number of fused-ring (bicyclic) bond motifs is 1. The lowest BCUT2D eigenvalue weighted by Gasteiger charge is -2.21. The van der Waals surface area contributed by atoms with Crippen LogP contribution in [0.2, 0.25) is 0 Å². The number of halogens is 1. The minimum Gasteiger partial charge on any atom is -0.353 e. The van der Waals surface area contributed by atoms with Crippen molar-refractivity contribution in [1.82, 2.24) is 14.4 Å². The highest BCUT2D eigenvalue weighted by Crippen LogP contribution is 2.39. The number of rotatable bonds is 3. The van der Waals surface area contributed by atoms with Crippen LogP contribution >= 0.6 is 0 Å². The van der Waals surface area contributed by atoms with Gasteiger partial charge in [0.2, 0.25) is 0 Å². The van der Waals surface area contributed by atoms with Gasteiger partial charge in [0.25, 0.3) is 0 Å². The smallest absolute Gasteiger partial charge is 0.138 e. The number of benzene rings is 1. The third kappa shape index (κ3) is 2.85. The van der Waals surface area contributed by atoms with Crippen LogP contribution < -0.4 is 4.90 Å². The number of pyridine rings is 2. The lowest BCUT2D eigenvalue weighted by molar-refractivity contribution is 0.364. The van der Waals surface area contributed by atoms with E-state index in [-0.39, 0.29) is 0 Å². The van der Waals surface area contributed by atoms with Gasteiger partial charge in [-0.05, 0) is 35.7 Å². The summed E-state index contributed by atoms with van der Waals surface area (Å²) in [5.41, 5.74) is 4.86. The van der Waals surface area contributed by atoms with E-state index >= 15 is 0 Å². The summed E-state index contributed by atoms with van der Waals surface area (Å²) in [4.78, 5) is 11.5. The van der Waals surface area contributed by atoms with Gasteiger partial charge in [-0.1, -0.05) is 36.4 Å². The minimum absolute atomic E-state index is 0.381. The molecule has 1 fully saturated rings. The van der Waals surface area contributed by atoms with Crippen molar-refractivity contribution in [1.29, 1.82) is 0 Å². The summed E-state index contributed by atoms with van der Waals surface area (Å²) in [5.74, 6) is 0.805. The van der Waals surface area contributed by atoms with E-state index in [2.05, 4.69) is 17.1 Å². The first-order valence-corrected chi connectivity index (χ1v) is 9.17. The Hall–Kier alpha value is -3.21. The highest BCUT2D eigenvalue weighted by Gasteiger charge is 2.27. The van der Waals surface area contributed by atoms with Crippen molar-refractivity contribution in [2.24, 2.45) is 0 Å². The summed E-state index contributed by atoms with van der Waals surface area (Å²) in [5, 5.41) is 0. The van der Waals surface area contributed by atoms with Crippen LogP contribution in [0, 0.1) is 0 Å². The molecule has 0 N–H and O–H groups in total. The first kappa shape index (κ1) is 16.0. The minimum atomic E-state index is -0.805. The van der Waals surface area contributed by atoms with Crippen molar-refractivity contribution in [3.8, 4) is 22.4 Å². The zero-order chi connectivity index (χ0) is 18.2. The lowest BCUT2D eigenvalue weighted by Crippen LogP contribution is -2.22. The molecule has 0 bridgehead atoms. The molecule has 0 aliphatic carbocycles. The topological polar surface area (TPSA) is 33.4 Å². The fraction of sp³-hybridized carbons (Fsp3) is 0.182. The van der Waals surface area contributed by atoms with E-state index in [9.17, 15) is 4.39 Å². The molecule has 0 spiro atoms. The van der Waals surface area contributed by atoms with Crippen molar-refractivity contribution < 1.29 is 4.39 Å². The van der Waals surface area contributed by atoms with Gasteiger partial charge < -0.3 is 9.30 Å². The summed E-state index contributed by atoms with van der Waals surface area (Å²) in [6.07, 6.45) is 5.55. The van der Waals surface area contributed by atoms with Crippen LogP contribution in [-0.4, -0.2) is 33.6 Å². The zero-order valence-corrected chi connectivity index (χ0v) is 14.8. The zero-order valence-electron chi connectivity index (χ0n) is 14.8. The molecule has 0 radical (unpaired) electrons. The number of nitrogens with zero attached hydrogens (tertiary/aromatic N) is 4. The van der Waals surface area contributed by atoms with Crippen LogP contribution in [0.1, 0.15) is 6.42 Å². The van der Waals surface area contributed by atoms with Crippen LogP contribution in [0.25, 0.3) is 28.0 Å². The van der Waals surface area contributed by atoms with Crippen LogP contribution in [0.3, 0.4) is 0 Å². The fourth-order valence-electron chi connectivity index (χ4n) is 3.77. The quantitative estimate of drug-likeness (QED) is 0.536. The Morgan fingerprint density at radius 2 is 1.85 bits per heavy atom. The van der Waals surface area contributed by atoms with Crippen LogP contribution in [-0.2, 0) is 0 Å². The number of hydrogen-bond donors (Lipinski definition) is 0. The molecule has 1 saturated heterocycles. The molecule has 27 heavy (non-hydrogen) atoms. The number of anilines is 1. The third-order valence-corrected chi connectivity index (χ3v) is 5.07. The largest absolute Gasteiger partial charge is 0.353 e. The number of imidazole rings is 1. The SMILES string of the molecule is FC1CCN(c2nccc(-c3ccccc3)c2-c2cn3ccccc3n2)C1. The Kier molecular flexibility index (Phi) is 3.85. The van der Waals surface area contributed by atoms with Crippen molar-refractivity contribution in [2.45, 2.75) is 12.6 Å². The highest BCUT2D eigenvalue weighted by molar-refractivity contribution is 5.89. The van der Waals surface area contributed by atoms with Gasteiger partial charge >= 0.3 is 0 Å². The lowest BCUT2D eigenvalue weighted by atomic mass is 9.98. The predicted molar refractivity (Wildman–Crippen MR) is 106 cm³/mol. The van der Waals surface area contributed by atoms with Crippen LogP contribution in [0.15, 0.2) is 73.2 Å². The summed E-state index contributed by atoms with van der Waals surface area (Å²) in [6, 6.07) is 18.2. The van der Waals surface area contributed by atoms with Crippen LogP contribution in [0.4, 0.5) is 10.2 Å². The molecule has 0 amide bonds. The fourth-order valence-corrected chi connectivity index (χ4v) is 3.77. The Balaban J connectivity index is 1.75. The molecule has 4 aromatic rings. The van der Waals surface area contributed by atoms with Gasteiger partial charge in [-0.15, -0.1) is 0 Å². The van der Waals surface area contributed by atoms with Crippen molar-refractivity contribution in [2.75, 3.05) is 18.0 Å². The molecule has 134 valence electrons. The molecular formula is C22H19FN4. The summed E-state index contributed by atoms with van der Waals surface area (Å²) in [6.45, 7) is 1.05. The maximum atomic E-state index is 13.9. The van der Waals surface area contributed by atoms with Gasteiger partial charge in [-0.3, -0.25) is 0 Å². The molecule has 1 aliphatic rings. The molecule has 4 nitrogen and oxygen atoms in total. The molecule has 1 unspecified atom stereocenters. The predicted octanol–water partition coefficient (Wildman–Crippen LogP) is 4.61. The van der Waals surface area contributed by atoms with E-state index in [4.69, 9.17) is 4.98 Å². The highest BCUT2D eigenvalue weighted by atomic mass is 19.1. The maximum absolute atomic E-state index is 13.9. The molecule has 3 aromatic heterocycles. The molecular weight excluding hydrogens is 339 g/mol. The van der Waals surface area contributed by atoms with E-state index in [0.717, 1.165) is 33.8 Å². The number of hydrogen-bond acceptors (Lipinski definition) is 3. The summed E-state index contributed by atoms with van der Waals surface area (Å²) in [7, 11) is 0. The molecule has 1 aromatic carbocycles. The molecule has 5 heteroatoms. The standard InChI is InChI=1S/C22H19FN4/c23-17-10-13-27(14-17)22-21(19-15-26-12-5-4-8-20(26)25-19)18(9-11-24-22)16-6-2-1-3-7-16/h1-9,11-12,15,17H,10,13-14H2. The first-order chi connectivity index (χ1) is 13.3. The van der Waals surface area contributed by atoms with Gasteiger partial charge in [0.1, 0.15) is 17.6 Å². The van der Waals surface area contributed by atoms with Crippen LogP contribution in [0.5, 0.6) is 0 Å². The molecule has 0 saturated carbocycles. The maximum Gasteiger partial charge on any atom is 0.138 e. The van der Waals surface area contributed by atoms with Gasteiger partial charge in [-0.25, -0.2) is 14.4 Å². The average molecular weight is 358 g/mol. The normalized spacial score (nSPS) is 16.9. The van der Waals surface area contributed by atoms with Crippen molar-refractivity contribution in [3.05, 3.63) is 73.2 Å². The Morgan fingerprint density at radius 1 is 1.00 bits per heavy atom. The van der Waals surface area contributed by atoms with Crippen molar-refractivity contribution in [3.63, 3.8) is 0 Å². The Morgan fingerprint density at radius 3 is 2.63 bits per heavy atom. The van der Waals surface area contributed by atoms with E-state index < -0.39 is 6.17 Å². The number of aromatic nitrogens is 3. The van der Waals surface area contributed by atoms with Gasteiger partial charge in [-0.2, -0.15) is 0 Å². The van der Waals surface area contributed by atoms with E-state index in [0.29, 0.717) is 19.5 Å². The molecule has 1 aliphatic heterocycles. The Bertz CT molecular complexity index is 1060. The number of alkyl halides is 1. The van der Waals surface area contributed by atoms with Crippen molar-refractivity contribution >= 4 is 11.5 Å². The second-order valence-electron chi connectivity index (χ2n) is 6.85. The second-order valence-corrected chi connectivity index (χ2v) is 6.85. The van der Waals surface area contributed by atoms with Gasteiger partial charge in [0.05, 0.1) is 17.8 Å². The van der Waals surface area contributed by atoms with E-state index in [1.807, 2.05) is 70.4 Å². The van der Waals surface area contributed by atoms with E-state index in [1.54, 1.807) is 0 Å². The van der Waals surface area contributed by atoms with Gasteiger partial charge in [0.15, 0.2) is 0 Å². The second kappa shape index (κ2) is 6.50. The Labute approximate surface area is 156 Å². The molecule has 1 atom stereocenters. The third-order valence-electron chi connectivity index (χ3n) is 5.07. The average Bonchev–Trinajstić information content (AvgIpc) is 3.34. The molecule has 4 heterocycles. The summed E-state index contributed by atoms with van der Waals surface area (Å²) < 4.78 is 15.9. The monoisotopic (exact) mass is 358 g/mol.